The van der Waals surface area contributed by atoms with Crippen LogP contribution in [0, 0.1) is 12.8 Å². The third-order valence-electron chi connectivity index (χ3n) is 3.80. The molecule has 0 amide bonds. The van der Waals surface area contributed by atoms with E-state index in [2.05, 4.69) is 34.4 Å². The van der Waals surface area contributed by atoms with Crippen molar-refractivity contribution < 1.29 is 14.2 Å². The Morgan fingerprint density at radius 1 is 0.962 bits per heavy atom. The highest BCUT2D eigenvalue weighted by molar-refractivity contribution is 5.67. The summed E-state index contributed by atoms with van der Waals surface area (Å²) < 4.78 is 16.1. The number of rotatable bonds is 9. The van der Waals surface area contributed by atoms with Crippen LogP contribution < -0.4 is 24.8 Å². The van der Waals surface area contributed by atoms with Gasteiger partial charge in [0.15, 0.2) is 11.5 Å². The lowest BCUT2D eigenvalue weighted by atomic mass is 10.1. The maximum Gasteiger partial charge on any atom is 0.224 e. The first-order valence-electron chi connectivity index (χ1n) is 8.63. The smallest absolute Gasteiger partial charge is 0.224 e. The van der Waals surface area contributed by atoms with Gasteiger partial charge >= 0.3 is 0 Å². The van der Waals surface area contributed by atoms with Crippen molar-refractivity contribution in [2.24, 2.45) is 5.92 Å². The Morgan fingerprint density at radius 3 is 2.15 bits per heavy atom. The SMILES string of the molecule is COc1cc(Nc2cc(C)nc(NCCC(C)C)n2)cc(OC)c1OC. The van der Waals surface area contributed by atoms with Crippen LogP contribution in [-0.4, -0.2) is 37.8 Å². The maximum atomic E-state index is 5.39. The van der Waals surface area contributed by atoms with Crippen LogP contribution in [0.25, 0.3) is 0 Å². The Bertz CT molecular complexity index is 710. The van der Waals surface area contributed by atoms with Crippen LogP contribution in [0.2, 0.25) is 0 Å². The van der Waals surface area contributed by atoms with Gasteiger partial charge in [0.05, 0.1) is 21.3 Å². The molecule has 1 heterocycles. The quantitative estimate of drug-likeness (QED) is 0.699. The van der Waals surface area contributed by atoms with Gasteiger partial charge < -0.3 is 24.8 Å². The van der Waals surface area contributed by atoms with E-state index < -0.39 is 0 Å². The first-order valence-corrected chi connectivity index (χ1v) is 8.63. The molecule has 0 aliphatic heterocycles. The normalized spacial score (nSPS) is 10.6. The van der Waals surface area contributed by atoms with Crippen molar-refractivity contribution in [1.29, 1.82) is 0 Å². The number of hydrogen-bond donors (Lipinski definition) is 2. The van der Waals surface area contributed by atoms with E-state index in [0.717, 1.165) is 24.3 Å². The van der Waals surface area contributed by atoms with Gasteiger partial charge in [-0.05, 0) is 19.3 Å². The molecule has 2 N–H and O–H groups in total. The van der Waals surface area contributed by atoms with E-state index in [-0.39, 0.29) is 0 Å². The van der Waals surface area contributed by atoms with Crippen molar-refractivity contribution in [3.05, 3.63) is 23.9 Å². The number of anilines is 3. The minimum atomic E-state index is 0.551. The monoisotopic (exact) mass is 360 g/mol. The highest BCUT2D eigenvalue weighted by Crippen LogP contribution is 2.40. The summed E-state index contributed by atoms with van der Waals surface area (Å²) in [7, 11) is 4.76. The lowest BCUT2D eigenvalue weighted by molar-refractivity contribution is 0.324. The molecule has 0 radical (unpaired) electrons. The van der Waals surface area contributed by atoms with Crippen LogP contribution in [0.3, 0.4) is 0 Å². The number of aromatic nitrogens is 2. The number of nitrogens with one attached hydrogen (secondary N) is 2. The van der Waals surface area contributed by atoms with Crippen LogP contribution >= 0.6 is 0 Å². The Balaban J connectivity index is 2.23. The zero-order chi connectivity index (χ0) is 19.1. The number of methoxy groups -OCH3 is 3. The molecule has 2 rings (SSSR count). The van der Waals surface area contributed by atoms with Crippen LogP contribution in [0.1, 0.15) is 26.0 Å². The van der Waals surface area contributed by atoms with Gasteiger partial charge in [-0.15, -0.1) is 0 Å². The standard InChI is InChI=1S/C19H28N4O3/c1-12(2)7-8-20-19-21-13(3)9-17(23-19)22-14-10-15(24-4)18(26-6)16(11-14)25-5/h9-12H,7-8H2,1-6H3,(H2,20,21,22,23). The molecule has 7 heteroatoms. The van der Waals surface area contributed by atoms with Gasteiger partial charge in [-0.25, -0.2) is 4.98 Å². The molecule has 0 saturated carbocycles. The van der Waals surface area contributed by atoms with Crippen molar-refractivity contribution in [2.75, 3.05) is 38.5 Å². The molecule has 2 aromatic rings. The molecule has 1 aromatic heterocycles. The lowest BCUT2D eigenvalue weighted by Crippen LogP contribution is -2.09. The third kappa shape index (κ3) is 5.15. The topological polar surface area (TPSA) is 77.5 Å². The molecule has 7 nitrogen and oxygen atoms in total. The third-order valence-corrected chi connectivity index (χ3v) is 3.80. The summed E-state index contributed by atoms with van der Waals surface area (Å²) in [6, 6.07) is 5.56. The minimum Gasteiger partial charge on any atom is -0.493 e. The summed E-state index contributed by atoms with van der Waals surface area (Å²) in [6.07, 6.45) is 1.06. The molecule has 0 spiro atoms. The predicted octanol–water partition coefficient (Wildman–Crippen LogP) is 4.01. The molecule has 26 heavy (non-hydrogen) atoms. The summed E-state index contributed by atoms with van der Waals surface area (Å²) in [5, 5.41) is 6.55. The van der Waals surface area contributed by atoms with Crippen molar-refractivity contribution in [1.82, 2.24) is 9.97 Å². The zero-order valence-corrected chi connectivity index (χ0v) is 16.3. The van der Waals surface area contributed by atoms with E-state index in [1.807, 2.05) is 25.1 Å². The Morgan fingerprint density at radius 2 is 1.62 bits per heavy atom. The van der Waals surface area contributed by atoms with Gasteiger partial charge in [-0.1, -0.05) is 13.8 Å². The molecule has 0 fully saturated rings. The molecule has 0 unspecified atom stereocenters. The first-order chi connectivity index (χ1) is 12.5. The van der Waals surface area contributed by atoms with Crippen molar-refractivity contribution >= 4 is 17.5 Å². The number of aryl methyl sites for hydroxylation is 1. The Kier molecular flexibility index (Phi) is 6.89. The van der Waals surface area contributed by atoms with E-state index >= 15 is 0 Å². The summed E-state index contributed by atoms with van der Waals surface area (Å²) in [4.78, 5) is 8.97. The van der Waals surface area contributed by atoms with E-state index in [1.165, 1.54) is 0 Å². The highest BCUT2D eigenvalue weighted by Gasteiger charge is 2.14. The first kappa shape index (κ1) is 19.6. The summed E-state index contributed by atoms with van der Waals surface area (Å²) in [5.41, 5.74) is 1.66. The summed E-state index contributed by atoms with van der Waals surface area (Å²) in [6.45, 7) is 7.16. The van der Waals surface area contributed by atoms with Crippen LogP contribution in [0.5, 0.6) is 17.2 Å². The number of ether oxygens (including phenoxy) is 3. The van der Waals surface area contributed by atoms with Crippen molar-refractivity contribution in [2.45, 2.75) is 27.2 Å². The average molecular weight is 360 g/mol. The average Bonchev–Trinajstić information content (AvgIpc) is 2.60. The van der Waals surface area contributed by atoms with Crippen LogP contribution in [-0.2, 0) is 0 Å². The largest absolute Gasteiger partial charge is 0.493 e. The number of benzene rings is 1. The molecule has 0 aliphatic carbocycles. The van der Waals surface area contributed by atoms with Gasteiger partial charge in [-0.2, -0.15) is 4.98 Å². The van der Waals surface area contributed by atoms with Crippen molar-refractivity contribution in [3.8, 4) is 17.2 Å². The Hall–Kier alpha value is -2.70. The fourth-order valence-electron chi connectivity index (χ4n) is 2.49. The summed E-state index contributed by atoms with van der Waals surface area (Å²) in [5.74, 6) is 3.64. The van der Waals surface area contributed by atoms with Gasteiger partial charge in [0.25, 0.3) is 0 Å². The number of nitrogens with zero attached hydrogens (tertiary/aromatic N) is 2. The van der Waals surface area contributed by atoms with E-state index in [0.29, 0.717) is 34.9 Å². The minimum absolute atomic E-state index is 0.551. The van der Waals surface area contributed by atoms with E-state index in [1.54, 1.807) is 21.3 Å². The molecule has 1 aromatic carbocycles. The fraction of sp³-hybridized carbons (Fsp3) is 0.474. The van der Waals surface area contributed by atoms with Gasteiger partial charge in [-0.3, -0.25) is 0 Å². The van der Waals surface area contributed by atoms with Crippen LogP contribution in [0.4, 0.5) is 17.5 Å². The zero-order valence-electron chi connectivity index (χ0n) is 16.3. The molecular formula is C19H28N4O3. The van der Waals surface area contributed by atoms with Gasteiger partial charge in [0.1, 0.15) is 5.82 Å². The molecule has 142 valence electrons. The second kappa shape index (κ2) is 9.12. The second-order valence-corrected chi connectivity index (χ2v) is 6.37. The van der Waals surface area contributed by atoms with Gasteiger partial charge in [0.2, 0.25) is 11.7 Å². The van der Waals surface area contributed by atoms with E-state index in [4.69, 9.17) is 14.2 Å². The number of hydrogen-bond acceptors (Lipinski definition) is 7. The van der Waals surface area contributed by atoms with Crippen molar-refractivity contribution in [3.63, 3.8) is 0 Å². The molecule has 0 saturated heterocycles. The maximum absolute atomic E-state index is 5.39. The fourth-order valence-corrected chi connectivity index (χ4v) is 2.49. The highest BCUT2D eigenvalue weighted by atomic mass is 16.5. The predicted molar refractivity (Wildman–Crippen MR) is 104 cm³/mol. The van der Waals surface area contributed by atoms with Gasteiger partial charge in [0, 0.05) is 36.1 Å². The Labute approximate surface area is 155 Å². The molecule has 0 bridgehead atoms. The lowest BCUT2D eigenvalue weighted by Gasteiger charge is -2.15. The molecular weight excluding hydrogens is 332 g/mol. The second-order valence-electron chi connectivity index (χ2n) is 6.37. The summed E-state index contributed by atoms with van der Waals surface area (Å²) >= 11 is 0. The van der Waals surface area contributed by atoms with E-state index in [9.17, 15) is 0 Å². The van der Waals surface area contributed by atoms with Crippen LogP contribution in [0.15, 0.2) is 18.2 Å². The molecule has 0 atom stereocenters. The molecule has 0 aliphatic rings.